The molecule has 0 aliphatic rings. The van der Waals surface area contributed by atoms with Gasteiger partial charge in [0.2, 0.25) is 0 Å². The van der Waals surface area contributed by atoms with Crippen molar-refractivity contribution in [3.05, 3.63) is 35.9 Å². The van der Waals surface area contributed by atoms with Crippen molar-refractivity contribution < 1.29 is 9.90 Å². The predicted molar refractivity (Wildman–Crippen MR) is 56.3 cm³/mol. The third-order valence-corrected chi connectivity index (χ3v) is 1.88. The molecule has 0 saturated heterocycles. The number of amides is 1. The number of phenols is 1. The van der Waals surface area contributed by atoms with Crippen molar-refractivity contribution in [2.24, 2.45) is 0 Å². The number of para-hydroxylation sites is 1. The van der Waals surface area contributed by atoms with E-state index < -0.39 is 0 Å². The van der Waals surface area contributed by atoms with Gasteiger partial charge >= 0.3 is 0 Å². The van der Waals surface area contributed by atoms with Crippen LogP contribution in [0.2, 0.25) is 0 Å². The van der Waals surface area contributed by atoms with Crippen LogP contribution in [0.3, 0.4) is 0 Å². The summed E-state index contributed by atoms with van der Waals surface area (Å²) in [5.41, 5.74) is 1.67. The molecular weight excluding hydrogens is 178 g/mol. The molecule has 0 heterocycles. The van der Waals surface area contributed by atoms with Crippen molar-refractivity contribution in [3.8, 4) is 5.75 Å². The maximum absolute atomic E-state index is 11.3. The molecule has 0 saturated carbocycles. The summed E-state index contributed by atoms with van der Waals surface area (Å²) in [6, 6.07) is 5.07. The predicted octanol–water partition coefficient (Wildman–Crippen LogP) is 2.22. The van der Waals surface area contributed by atoms with Gasteiger partial charge in [-0.3, -0.25) is 4.79 Å². The van der Waals surface area contributed by atoms with Gasteiger partial charge in [0.15, 0.2) is 0 Å². The molecule has 3 heteroatoms. The summed E-state index contributed by atoms with van der Waals surface area (Å²) >= 11 is 0. The second-order valence-electron chi connectivity index (χ2n) is 3.20. The van der Waals surface area contributed by atoms with E-state index in [9.17, 15) is 9.90 Å². The highest BCUT2D eigenvalue weighted by Gasteiger charge is 2.08. The highest BCUT2D eigenvalue weighted by atomic mass is 16.3. The molecule has 0 aromatic heterocycles. The lowest BCUT2D eigenvalue weighted by molar-refractivity contribution is -0.112. The van der Waals surface area contributed by atoms with Crippen LogP contribution < -0.4 is 5.32 Å². The van der Waals surface area contributed by atoms with Gasteiger partial charge in [-0.2, -0.15) is 0 Å². The van der Waals surface area contributed by atoms with Crippen LogP contribution in [0, 0.1) is 6.92 Å². The normalized spacial score (nSPS) is 9.57. The standard InChI is InChI=1S/C11H13NO2/c1-7(2)11(14)12-10-8(3)5-4-6-9(10)13/h4-6,13H,1H2,2-3H3,(H,12,14). The highest BCUT2D eigenvalue weighted by Crippen LogP contribution is 2.26. The van der Waals surface area contributed by atoms with Crippen LogP contribution in [-0.2, 0) is 4.79 Å². The summed E-state index contributed by atoms with van der Waals surface area (Å²) in [7, 11) is 0. The maximum atomic E-state index is 11.3. The van der Waals surface area contributed by atoms with E-state index in [-0.39, 0.29) is 11.7 Å². The smallest absolute Gasteiger partial charge is 0.250 e. The van der Waals surface area contributed by atoms with E-state index >= 15 is 0 Å². The fourth-order valence-electron chi connectivity index (χ4n) is 1.04. The van der Waals surface area contributed by atoms with Crippen LogP contribution in [0.5, 0.6) is 5.75 Å². The number of nitrogens with one attached hydrogen (secondary N) is 1. The van der Waals surface area contributed by atoms with E-state index in [1.54, 1.807) is 13.0 Å². The Hall–Kier alpha value is -1.77. The first-order chi connectivity index (χ1) is 6.52. The molecule has 0 atom stereocenters. The van der Waals surface area contributed by atoms with Crippen LogP contribution in [0.1, 0.15) is 12.5 Å². The fraction of sp³-hybridized carbons (Fsp3) is 0.182. The average molecular weight is 191 g/mol. The number of hydrogen-bond donors (Lipinski definition) is 2. The number of aryl methyl sites for hydroxylation is 1. The lowest BCUT2D eigenvalue weighted by Crippen LogP contribution is -2.12. The monoisotopic (exact) mass is 191 g/mol. The van der Waals surface area contributed by atoms with Crippen molar-refractivity contribution in [2.75, 3.05) is 5.32 Å². The number of carbonyl (C=O) groups is 1. The van der Waals surface area contributed by atoms with Crippen molar-refractivity contribution >= 4 is 11.6 Å². The Labute approximate surface area is 83.1 Å². The van der Waals surface area contributed by atoms with Gasteiger partial charge in [0.25, 0.3) is 5.91 Å². The van der Waals surface area contributed by atoms with Crippen molar-refractivity contribution in [1.29, 1.82) is 0 Å². The molecule has 0 aliphatic carbocycles. The number of carbonyl (C=O) groups excluding carboxylic acids is 1. The summed E-state index contributed by atoms with van der Waals surface area (Å²) in [5, 5.41) is 12.1. The van der Waals surface area contributed by atoms with E-state index in [2.05, 4.69) is 11.9 Å². The zero-order valence-electron chi connectivity index (χ0n) is 8.29. The number of hydrogen-bond acceptors (Lipinski definition) is 2. The Bertz CT molecular complexity index is 363. The van der Waals surface area contributed by atoms with Gasteiger partial charge in [-0.1, -0.05) is 18.7 Å². The summed E-state index contributed by atoms with van der Waals surface area (Å²) in [6.07, 6.45) is 0. The van der Waals surface area contributed by atoms with E-state index in [1.165, 1.54) is 6.07 Å². The quantitative estimate of drug-likeness (QED) is 0.556. The minimum Gasteiger partial charge on any atom is -0.506 e. The van der Waals surface area contributed by atoms with Gasteiger partial charge in [0.1, 0.15) is 5.75 Å². The molecule has 1 amide bonds. The van der Waals surface area contributed by atoms with Crippen molar-refractivity contribution in [3.63, 3.8) is 0 Å². The first-order valence-corrected chi connectivity index (χ1v) is 4.28. The summed E-state index contributed by atoms with van der Waals surface area (Å²) in [5.74, 6) is -0.214. The molecule has 0 spiro atoms. The minimum atomic E-state index is -0.283. The number of benzene rings is 1. The van der Waals surface area contributed by atoms with Gasteiger partial charge in [0, 0.05) is 5.57 Å². The Balaban J connectivity index is 2.97. The van der Waals surface area contributed by atoms with Crippen LogP contribution in [-0.4, -0.2) is 11.0 Å². The van der Waals surface area contributed by atoms with E-state index in [1.807, 2.05) is 13.0 Å². The van der Waals surface area contributed by atoms with E-state index in [0.717, 1.165) is 5.56 Å². The maximum Gasteiger partial charge on any atom is 0.250 e. The van der Waals surface area contributed by atoms with E-state index in [4.69, 9.17) is 0 Å². The number of aromatic hydroxyl groups is 1. The fourth-order valence-corrected chi connectivity index (χ4v) is 1.04. The number of rotatable bonds is 2. The Morgan fingerprint density at radius 1 is 1.50 bits per heavy atom. The SMILES string of the molecule is C=C(C)C(=O)Nc1c(C)cccc1O. The Kier molecular flexibility index (Phi) is 2.92. The highest BCUT2D eigenvalue weighted by molar-refractivity contribution is 6.04. The molecule has 74 valence electrons. The second-order valence-corrected chi connectivity index (χ2v) is 3.20. The van der Waals surface area contributed by atoms with Crippen molar-refractivity contribution in [1.82, 2.24) is 0 Å². The third kappa shape index (κ3) is 2.13. The van der Waals surface area contributed by atoms with Crippen LogP contribution >= 0.6 is 0 Å². The molecule has 0 unspecified atom stereocenters. The molecule has 3 nitrogen and oxygen atoms in total. The van der Waals surface area contributed by atoms with Gasteiger partial charge in [-0.05, 0) is 25.5 Å². The third-order valence-electron chi connectivity index (χ3n) is 1.88. The first kappa shape index (κ1) is 10.3. The topological polar surface area (TPSA) is 49.3 Å². The molecule has 1 aromatic rings. The lowest BCUT2D eigenvalue weighted by atomic mass is 10.2. The van der Waals surface area contributed by atoms with Gasteiger partial charge in [-0.25, -0.2) is 0 Å². The van der Waals surface area contributed by atoms with Crippen LogP contribution in [0.25, 0.3) is 0 Å². The molecule has 0 radical (unpaired) electrons. The molecule has 0 aliphatic heterocycles. The Morgan fingerprint density at radius 2 is 2.14 bits per heavy atom. The number of anilines is 1. The van der Waals surface area contributed by atoms with Gasteiger partial charge in [0.05, 0.1) is 5.69 Å². The average Bonchev–Trinajstić information content (AvgIpc) is 2.11. The van der Waals surface area contributed by atoms with Crippen LogP contribution in [0.4, 0.5) is 5.69 Å². The lowest BCUT2D eigenvalue weighted by Gasteiger charge is -2.09. The largest absolute Gasteiger partial charge is 0.506 e. The summed E-state index contributed by atoms with van der Waals surface area (Å²) < 4.78 is 0. The Morgan fingerprint density at radius 3 is 2.64 bits per heavy atom. The molecule has 1 rings (SSSR count). The second kappa shape index (κ2) is 3.96. The summed E-state index contributed by atoms with van der Waals surface area (Å²) in [6.45, 7) is 6.95. The van der Waals surface area contributed by atoms with Gasteiger partial charge in [-0.15, -0.1) is 0 Å². The molecule has 0 bridgehead atoms. The van der Waals surface area contributed by atoms with Crippen LogP contribution in [0.15, 0.2) is 30.4 Å². The summed E-state index contributed by atoms with van der Waals surface area (Å²) in [4.78, 5) is 11.3. The molecule has 2 N–H and O–H groups in total. The molecular formula is C11H13NO2. The zero-order valence-corrected chi connectivity index (χ0v) is 8.29. The van der Waals surface area contributed by atoms with Crippen molar-refractivity contribution in [2.45, 2.75) is 13.8 Å². The molecule has 1 aromatic carbocycles. The van der Waals surface area contributed by atoms with Gasteiger partial charge < -0.3 is 10.4 Å². The minimum absolute atomic E-state index is 0.0691. The first-order valence-electron chi connectivity index (χ1n) is 4.28. The molecule has 0 fully saturated rings. The van der Waals surface area contributed by atoms with E-state index in [0.29, 0.717) is 11.3 Å². The molecule has 14 heavy (non-hydrogen) atoms. The number of phenolic OH excluding ortho intramolecular Hbond substituents is 1. The zero-order chi connectivity index (χ0) is 10.7.